The predicted molar refractivity (Wildman–Crippen MR) is 114 cm³/mol. The van der Waals surface area contributed by atoms with Gasteiger partial charge in [0.2, 0.25) is 0 Å². The average molecular weight is 402 g/mol. The molecule has 1 aromatic heterocycles. The molecule has 1 heterocycles. The zero-order valence-corrected chi connectivity index (χ0v) is 17.3. The number of carbonyl (C=O) groups excluding carboxylic acids is 1. The van der Waals surface area contributed by atoms with Gasteiger partial charge in [-0.05, 0) is 91.7 Å². The van der Waals surface area contributed by atoms with Crippen LogP contribution in [-0.2, 0) is 11.2 Å². The number of esters is 1. The van der Waals surface area contributed by atoms with Crippen molar-refractivity contribution in [3.63, 3.8) is 0 Å². The van der Waals surface area contributed by atoms with E-state index < -0.39 is 5.60 Å². The van der Waals surface area contributed by atoms with Gasteiger partial charge in [-0.1, -0.05) is 18.9 Å². The number of carbonyl (C=O) groups is 1. The zero-order chi connectivity index (χ0) is 20.9. The van der Waals surface area contributed by atoms with Crippen molar-refractivity contribution in [2.75, 3.05) is 0 Å². The second kappa shape index (κ2) is 6.87. The Bertz CT molecular complexity index is 1030. The summed E-state index contributed by atoms with van der Waals surface area (Å²) < 4.78 is 6.12. The number of aromatic hydroxyl groups is 1. The minimum absolute atomic E-state index is 0.227. The van der Waals surface area contributed by atoms with Crippen molar-refractivity contribution in [1.29, 1.82) is 0 Å². The van der Waals surface area contributed by atoms with Crippen molar-refractivity contribution in [2.45, 2.75) is 57.0 Å². The van der Waals surface area contributed by atoms with Crippen molar-refractivity contribution in [3.8, 4) is 18.1 Å². The highest BCUT2D eigenvalue weighted by atomic mass is 16.6. The third-order valence-electron chi connectivity index (χ3n) is 8.23. The molecule has 2 fully saturated rings. The zero-order valence-electron chi connectivity index (χ0n) is 17.3. The monoisotopic (exact) mass is 401 g/mol. The van der Waals surface area contributed by atoms with Gasteiger partial charge < -0.3 is 9.84 Å². The number of benzene rings is 1. The van der Waals surface area contributed by atoms with Crippen LogP contribution in [0, 0.1) is 29.6 Å². The number of hydrogen-bond donors (Lipinski definition) is 1. The van der Waals surface area contributed by atoms with E-state index in [0.717, 1.165) is 32.1 Å². The van der Waals surface area contributed by atoms with Crippen molar-refractivity contribution in [2.24, 2.45) is 17.3 Å². The Balaban J connectivity index is 1.45. The van der Waals surface area contributed by atoms with Gasteiger partial charge in [-0.3, -0.25) is 4.98 Å². The van der Waals surface area contributed by atoms with E-state index in [4.69, 9.17) is 11.2 Å². The van der Waals surface area contributed by atoms with E-state index in [0.29, 0.717) is 35.5 Å². The van der Waals surface area contributed by atoms with Crippen LogP contribution in [0.3, 0.4) is 0 Å². The van der Waals surface area contributed by atoms with E-state index in [1.54, 1.807) is 18.3 Å². The molecule has 154 valence electrons. The number of ether oxygens (including phenoxy) is 1. The van der Waals surface area contributed by atoms with Crippen LogP contribution in [0.1, 0.15) is 66.4 Å². The molecule has 1 N–H and O–H groups in total. The summed E-state index contributed by atoms with van der Waals surface area (Å²) in [7, 11) is 0. The third kappa shape index (κ3) is 2.68. The van der Waals surface area contributed by atoms with Gasteiger partial charge in [0.25, 0.3) is 0 Å². The molecule has 1 aromatic carbocycles. The molecular weight excluding hydrogens is 374 g/mol. The summed E-state index contributed by atoms with van der Waals surface area (Å²) in [4.78, 5) is 16.9. The number of nitrogens with zero attached hydrogens (tertiary/aromatic N) is 1. The Morgan fingerprint density at radius 2 is 2.13 bits per heavy atom. The van der Waals surface area contributed by atoms with Crippen molar-refractivity contribution >= 4 is 5.97 Å². The number of hydrogen-bond acceptors (Lipinski definition) is 4. The number of aryl methyl sites for hydroxylation is 1. The maximum atomic E-state index is 12.9. The summed E-state index contributed by atoms with van der Waals surface area (Å²) in [6.07, 6.45) is 15.0. The second-order valence-corrected chi connectivity index (χ2v) is 9.40. The fourth-order valence-electron chi connectivity index (χ4n) is 6.70. The first kappa shape index (κ1) is 19.2. The van der Waals surface area contributed by atoms with Crippen molar-refractivity contribution in [3.05, 3.63) is 59.4 Å². The van der Waals surface area contributed by atoms with Crippen LogP contribution in [-0.4, -0.2) is 21.7 Å². The Morgan fingerprint density at radius 1 is 1.27 bits per heavy atom. The lowest BCUT2D eigenvalue weighted by molar-refractivity contribution is -0.0796. The molecule has 0 amide bonds. The number of phenolic OH excluding ortho intramolecular Hbond substituents is 1. The number of phenols is 1. The van der Waals surface area contributed by atoms with Crippen LogP contribution in [0.5, 0.6) is 5.75 Å². The molecule has 2 saturated carbocycles. The first-order chi connectivity index (χ1) is 14.5. The predicted octanol–water partition coefficient (Wildman–Crippen LogP) is 4.87. The summed E-state index contributed by atoms with van der Waals surface area (Å²) in [5, 5.41) is 9.88. The first-order valence-corrected chi connectivity index (χ1v) is 10.9. The summed E-state index contributed by atoms with van der Waals surface area (Å²) in [6.45, 7) is 2.24. The summed E-state index contributed by atoms with van der Waals surface area (Å²) in [5.41, 5.74) is 2.01. The molecule has 0 saturated heterocycles. The molecule has 3 aliphatic carbocycles. The SMILES string of the molecule is C#C[C@@]1(OC(=O)c2cccnc2)CC[C@H]2[C@@H]3CCc4cc(O)ccc4[C@H]3CC[C@@]21C. The van der Waals surface area contributed by atoms with Crippen LogP contribution in [0.15, 0.2) is 42.7 Å². The lowest BCUT2D eigenvalue weighted by Gasteiger charge is -2.52. The average Bonchev–Trinajstić information content (AvgIpc) is 3.06. The summed E-state index contributed by atoms with van der Waals surface area (Å²) in [6, 6.07) is 9.30. The summed E-state index contributed by atoms with van der Waals surface area (Å²) >= 11 is 0. The number of fused-ring (bicyclic) bond motifs is 5. The molecule has 5 atom stereocenters. The quantitative estimate of drug-likeness (QED) is 0.576. The molecule has 4 nitrogen and oxygen atoms in total. The smallest absolute Gasteiger partial charge is 0.341 e. The lowest BCUT2D eigenvalue weighted by Crippen LogP contribution is -2.52. The molecule has 2 aromatic rings. The molecule has 30 heavy (non-hydrogen) atoms. The maximum absolute atomic E-state index is 12.9. The topological polar surface area (TPSA) is 59.4 Å². The third-order valence-corrected chi connectivity index (χ3v) is 8.23. The molecular formula is C26H27NO3. The Hall–Kier alpha value is -2.80. The molecule has 0 radical (unpaired) electrons. The molecule has 0 unspecified atom stereocenters. The van der Waals surface area contributed by atoms with Crippen LogP contribution in [0.25, 0.3) is 0 Å². The summed E-state index contributed by atoms with van der Waals surface area (Å²) in [5.74, 6) is 4.37. The van der Waals surface area contributed by atoms with Gasteiger partial charge in [0, 0.05) is 17.8 Å². The minimum atomic E-state index is -0.870. The standard InChI is InChI=1S/C26H27NO3/c1-3-26(30-24(29)18-5-4-14-27-16-18)13-11-23-22-8-6-17-15-19(28)7-9-20(17)21(22)10-12-25(23,26)2/h1,4-5,7,9,14-16,21-23,28H,6,8,10-13H2,2H3/t21-,22-,23+,25+,26-/m1/s1. The number of terminal acetylenes is 1. The van der Waals surface area contributed by atoms with Gasteiger partial charge in [0.1, 0.15) is 5.75 Å². The van der Waals surface area contributed by atoms with Gasteiger partial charge in [-0.15, -0.1) is 6.42 Å². The van der Waals surface area contributed by atoms with Gasteiger partial charge in [-0.2, -0.15) is 0 Å². The van der Waals surface area contributed by atoms with Gasteiger partial charge in [-0.25, -0.2) is 4.79 Å². The number of rotatable bonds is 2. The second-order valence-electron chi connectivity index (χ2n) is 9.40. The van der Waals surface area contributed by atoms with Crippen molar-refractivity contribution in [1.82, 2.24) is 4.98 Å². The Morgan fingerprint density at radius 3 is 2.90 bits per heavy atom. The van der Waals surface area contributed by atoms with E-state index in [9.17, 15) is 9.90 Å². The van der Waals surface area contributed by atoms with E-state index >= 15 is 0 Å². The van der Waals surface area contributed by atoms with Gasteiger partial charge in [0.15, 0.2) is 5.60 Å². The molecule has 0 spiro atoms. The normalized spacial score (nSPS) is 34.2. The maximum Gasteiger partial charge on any atom is 0.341 e. The fraction of sp³-hybridized carbons (Fsp3) is 0.462. The molecule has 3 aliphatic rings. The number of aromatic nitrogens is 1. The highest BCUT2D eigenvalue weighted by Crippen LogP contribution is 2.65. The highest BCUT2D eigenvalue weighted by Gasteiger charge is 2.63. The van der Waals surface area contributed by atoms with Crippen LogP contribution in [0.2, 0.25) is 0 Å². The van der Waals surface area contributed by atoms with E-state index in [-0.39, 0.29) is 11.4 Å². The molecule has 0 bridgehead atoms. The van der Waals surface area contributed by atoms with E-state index in [2.05, 4.69) is 23.9 Å². The first-order valence-electron chi connectivity index (χ1n) is 10.9. The van der Waals surface area contributed by atoms with Gasteiger partial charge >= 0.3 is 5.97 Å². The molecule has 5 rings (SSSR count). The van der Waals surface area contributed by atoms with Crippen LogP contribution >= 0.6 is 0 Å². The highest BCUT2D eigenvalue weighted by molar-refractivity contribution is 5.89. The van der Waals surface area contributed by atoms with Crippen LogP contribution in [0.4, 0.5) is 0 Å². The van der Waals surface area contributed by atoms with E-state index in [1.807, 2.05) is 12.1 Å². The largest absolute Gasteiger partial charge is 0.508 e. The Kier molecular flexibility index (Phi) is 4.39. The molecule has 0 aliphatic heterocycles. The fourth-order valence-corrected chi connectivity index (χ4v) is 6.70. The minimum Gasteiger partial charge on any atom is -0.508 e. The van der Waals surface area contributed by atoms with E-state index in [1.165, 1.54) is 17.3 Å². The Labute approximate surface area is 177 Å². The molecule has 4 heteroatoms. The van der Waals surface area contributed by atoms with Crippen molar-refractivity contribution < 1.29 is 14.6 Å². The lowest BCUT2D eigenvalue weighted by atomic mass is 9.53. The van der Waals surface area contributed by atoms with Crippen LogP contribution < -0.4 is 0 Å². The van der Waals surface area contributed by atoms with Gasteiger partial charge in [0.05, 0.1) is 5.56 Å². The number of pyridine rings is 1.